The van der Waals surface area contributed by atoms with E-state index in [0.29, 0.717) is 42.1 Å². The van der Waals surface area contributed by atoms with Crippen molar-refractivity contribution in [3.8, 4) is 16.9 Å². The Morgan fingerprint density at radius 2 is 1.46 bits per heavy atom. The summed E-state index contributed by atoms with van der Waals surface area (Å²) in [6, 6.07) is 13.5. The molecule has 37 heavy (non-hydrogen) atoms. The Balaban J connectivity index is 1.39. The lowest BCUT2D eigenvalue weighted by molar-refractivity contribution is 0.286. The number of benzene rings is 3. The first-order chi connectivity index (χ1) is 17.9. The summed E-state index contributed by atoms with van der Waals surface area (Å²) in [6.45, 7) is 4.62. The molecule has 0 N–H and O–H groups in total. The van der Waals surface area contributed by atoms with Crippen molar-refractivity contribution in [3.05, 3.63) is 88.5 Å². The van der Waals surface area contributed by atoms with Crippen LogP contribution in [0.4, 0.5) is 17.6 Å². The van der Waals surface area contributed by atoms with Crippen LogP contribution in [0.3, 0.4) is 0 Å². The predicted octanol–water partition coefficient (Wildman–Crippen LogP) is 9.56. The molecule has 3 aromatic carbocycles. The Labute approximate surface area is 217 Å². The van der Waals surface area contributed by atoms with E-state index < -0.39 is 23.3 Å². The molecule has 198 valence electrons. The number of unbranched alkanes of at least 4 members (excludes halogenated alkanes) is 2. The molecular formula is C32H36F4O. The van der Waals surface area contributed by atoms with E-state index in [0.717, 1.165) is 50.5 Å². The van der Waals surface area contributed by atoms with Crippen LogP contribution in [-0.2, 0) is 12.8 Å². The fraction of sp³-hybridized carbons (Fsp3) is 0.438. The van der Waals surface area contributed by atoms with Crippen LogP contribution in [0.2, 0.25) is 0 Å². The van der Waals surface area contributed by atoms with Crippen LogP contribution in [0.25, 0.3) is 11.1 Å². The summed E-state index contributed by atoms with van der Waals surface area (Å²) < 4.78 is 64.4. The number of rotatable bonds is 10. The van der Waals surface area contributed by atoms with Crippen LogP contribution in [0.15, 0.2) is 48.5 Å². The highest BCUT2D eigenvalue weighted by Gasteiger charge is 2.24. The van der Waals surface area contributed by atoms with Gasteiger partial charge in [-0.25, -0.2) is 13.2 Å². The van der Waals surface area contributed by atoms with E-state index in [1.165, 1.54) is 12.1 Å². The monoisotopic (exact) mass is 512 g/mol. The highest BCUT2D eigenvalue weighted by atomic mass is 19.2. The van der Waals surface area contributed by atoms with Gasteiger partial charge >= 0.3 is 0 Å². The topological polar surface area (TPSA) is 9.23 Å². The molecule has 4 rings (SSSR count). The normalized spacial score (nSPS) is 17.7. The lowest BCUT2D eigenvalue weighted by Crippen LogP contribution is -2.13. The van der Waals surface area contributed by atoms with Crippen molar-refractivity contribution in [1.29, 1.82) is 0 Å². The van der Waals surface area contributed by atoms with Gasteiger partial charge < -0.3 is 4.74 Å². The first-order valence-electron chi connectivity index (χ1n) is 13.6. The second kappa shape index (κ2) is 12.6. The van der Waals surface area contributed by atoms with Gasteiger partial charge in [-0.05, 0) is 78.3 Å². The van der Waals surface area contributed by atoms with Crippen molar-refractivity contribution in [3.63, 3.8) is 0 Å². The minimum absolute atomic E-state index is 0.0766. The van der Waals surface area contributed by atoms with E-state index in [4.69, 9.17) is 4.74 Å². The van der Waals surface area contributed by atoms with Crippen molar-refractivity contribution < 1.29 is 22.3 Å². The standard InChI is InChI=1S/C32H36F4O/c1-3-4-5-20-37-28-19-18-27(31(35)32(28)36)24-13-8-22(9-14-24)10-15-25-16-17-26(30(34)29(25)33)23-11-6-21(2)7-12-23/h8-9,13-14,16-19,21,23H,3-7,10-12,15,20H2,1-2H3. The molecule has 0 amide bonds. The van der Waals surface area contributed by atoms with Gasteiger partial charge in [-0.1, -0.05) is 75.9 Å². The van der Waals surface area contributed by atoms with E-state index in [2.05, 4.69) is 13.8 Å². The van der Waals surface area contributed by atoms with Gasteiger partial charge in [-0.3, -0.25) is 0 Å². The Morgan fingerprint density at radius 1 is 0.730 bits per heavy atom. The fourth-order valence-electron chi connectivity index (χ4n) is 5.21. The molecule has 3 aromatic rings. The second-order valence-corrected chi connectivity index (χ2v) is 10.4. The molecule has 0 radical (unpaired) electrons. The third-order valence-electron chi connectivity index (χ3n) is 7.65. The molecule has 0 aliphatic heterocycles. The molecule has 1 aliphatic carbocycles. The zero-order chi connectivity index (χ0) is 26.4. The summed E-state index contributed by atoms with van der Waals surface area (Å²) in [4.78, 5) is 0. The van der Waals surface area contributed by atoms with Crippen molar-refractivity contribution in [1.82, 2.24) is 0 Å². The molecule has 0 aromatic heterocycles. The van der Waals surface area contributed by atoms with Gasteiger partial charge in [0.15, 0.2) is 23.2 Å². The SMILES string of the molecule is CCCCCOc1ccc(-c2ccc(CCc3ccc(C4CCC(C)CC4)c(F)c3F)cc2)c(F)c1F. The molecule has 0 heterocycles. The van der Waals surface area contributed by atoms with E-state index >= 15 is 0 Å². The van der Waals surface area contributed by atoms with E-state index in [1.807, 2.05) is 12.1 Å². The number of hydrogen-bond acceptors (Lipinski definition) is 1. The van der Waals surface area contributed by atoms with Crippen molar-refractivity contribution in [2.75, 3.05) is 6.61 Å². The van der Waals surface area contributed by atoms with E-state index in [-0.39, 0.29) is 17.2 Å². The van der Waals surface area contributed by atoms with Gasteiger partial charge in [-0.2, -0.15) is 4.39 Å². The van der Waals surface area contributed by atoms with E-state index in [9.17, 15) is 17.6 Å². The highest BCUT2D eigenvalue weighted by Crippen LogP contribution is 2.37. The first kappa shape index (κ1) is 27.2. The molecule has 0 spiro atoms. The predicted molar refractivity (Wildman–Crippen MR) is 141 cm³/mol. The molecule has 0 bridgehead atoms. The molecule has 0 saturated heterocycles. The van der Waals surface area contributed by atoms with Crippen LogP contribution in [0.1, 0.15) is 81.4 Å². The average molecular weight is 513 g/mol. The third kappa shape index (κ3) is 6.55. The minimum atomic E-state index is -0.984. The van der Waals surface area contributed by atoms with Crippen LogP contribution in [0.5, 0.6) is 5.75 Å². The van der Waals surface area contributed by atoms with Gasteiger partial charge in [0.2, 0.25) is 5.82 Å². The Bertz CT molecular complexity index is 1180. The summed E-state index contributed by atoms with van der Waals surface area (Å²) in [5.41, 5.74) is 2.47. The van der Waals surface area contributed by atoms with Gasteiger partial charge in [0, 0.05) is 5.56 Å². The maximum atomic E-state index is 14.9. The summed E-state index contributed by atoms with van der Waals surface area (Å²) in [7, 11) is 0. The second-order valence-electron chi connectivity index (χ2n) is 10.4. The molecule has 1 nitrogen and oxygen atoms in total. The van der Waals surface area contributed by atoms with Gasteiger partial charge in [-0.15, -0.1) is 0 Å². The fourth-order valence-corrected chi connectivity index (χ4v) is 5.21. The molecule has 1 fully saturated rings. The summed E-state index contributed by atoms with van der Waals surface area (Å²) in [5, 5.41) is 0. The Kier molecular flexibility index (Phi) is 9.28. The quantitative estimate of drug-likeness (QED) is 0.194. The smallest absolute Gasteiger partial charge is 0.201 e. The lowest BCUT2D eigenvalue weighted by atomic mass is 9.79. The molecule has 0 unspecified atom stereocenters. The van der Waals surface area contributed by atoms with E-state index in [1.54, 1.807) is 24.3 Å². The molecule has 1 aliphatic rings. The van der Waals surface area contributed by atoms with Crippen LogP contribution >= 0.6 is 0 Å². The van der Waals surface area contributed by atoms with Crippen molar-refractivity contribution in [2.45, 2.75) is 77.6 Å². The van der Waals surface area contributed by atoms with Crippen LogP contribution in [0, 0.1) is 29.2 Å². The zero-order valence-electron chi connectivity index (χ0n) is 21.8. The van der Waals surface area contributed by atoms with Gasteiger partial charge in [0.05, 0.1) is 6.61 Å². The number of ether oxygens (including phenoxy) is 1. The average Bonchev–Trinajstić information content (AvgIpc) is 2.91. The summed E-state index contributed by atoms with van der Waals surface area (Å²) in [5.74, 6) is -2.71. The summed E-state index contributed by atoms with van der Waals surface area (Å²) in [6.07, 6.45) is 7.57. The van der Waals surface area contributed by atoms with Crippen LogP contribution in [-0.4, -0.2) is 6.61 Å². The lowest BCUT2D eigenvalue weighted by Gasteiger charge is -2.27. The maximum absolute atomic E-state index is 14.9. The number of hydrogen-bond donors (Lipinski definition) is 0. The Morgan fingerprint density at radius 3 is 2.16 bits per heavy atom. The first-order valence-corrected chi connectivity index (χ1v) is 13.6. The minimum Gasteiger partial charge on any atom is -0.490 e. The van der Waals surface area contributed by atoms with Gasteiger partial charge in [0.25, 0.3) is 0 Å². The largest absolute Gasteiger partial charge is 0.490 e. The Hall–Kier alpha value is -2.82. The molecule has 5 heteroatoms. The van der Waals surface area contributed by atoms with Crippen molar-refractivity contribution >= 4 is 0 Å². The maximum Gasteiger partial charge on any atom is 0.201 e. The number of halogens is 4. The molecule has 0 atom stereocenters. The summed E-state index contributed by atoms with van der Waals surface area (Å²) >= 11 is 0. The van der Waals surface area contributed by atoms with Gasteiger partial charge in [0.1, 0.15) is 0 Å². The molecule has 1 saturated carbocycles. The zero-order valence-corrected chi connectivity index (χ0v) is 21.8. The number of aryl methyl sites for hydroxylation is 2. The molecular weight excluding hydrogens is 476 g/mol. The third-order valence-corrected chi connectivity index (χ3v) is 7.65. The highest BCUT2D eigenvalue weighted by molar-refractivity contribution is 5.65. The van der Waals surface area contributed by atoms with Crippen molar-refractivity contribution in [2.24, 2.45) is 5.92 Å². The van der Waals surface area contributed by atoms with Crippen LogP contribution < -0.4 is 4.74 Å².